The van der Waals surface area contributed by atoms with Crippen molar-refractivity contribution in [3.63, 3.8) is 0 Å². The summed E-state index contributed by atoms with van der Waals surface area (Å²) >= 11 is 0. The van der Waals surface area contributed by atoms with Crippen LogP contribution in [0.1, 0.15) is 5.56 Å². The van der Waals surface area contributed by atoms with Crippen molar-refractivity contribution in [2.24, 2.45) is 0 Å². The minimum absolute atomic E-state index is 0.180. The normalized spacial score (nSPS) is 10.8. The number of hydrogen-bond donors (Lipinski definition) is 1. The van der Waals surface area contributed by atoms with E-state index >= 15 is 0 Å². The minimum Gasteiger partial charge on any atom is -0.478 e. The van der Waals surface area contributed by atoms with Crippen LogP contribution in [0.15, 0.2) is 42.5 Å². The van der Waals surface area contributed by atoms with Gasteiger partial charge in [-0.15, -0.1) is 0 Å². The van der Waals surface area contributed by atoms with Gasteiger partial charge in [-0.05, 0) is 23.8 Å². The van der Waals surface area contributed by atoms with Gasteiger partial charge >= 0.3 is 5.97 Å². The summed E-state index contributed by atoms with van der Waals surface area (Å²) in [5.41, 5.74) is 0.313. The van der Waals surface area contributed by atoms with Crippen LogP contribution in [0.2, 0.25) is 0 Å². The fraction of sp³-hybridized carbons (Fsp3) is 0. The molecule has 3 nitrogen and oxygen atoms in total. The number of halogens is 3. The predicted octanol–water partition coefficient (Wildman–Crippen LogP) is 3.99. The van der Waals surface area contributed by atoms with Crippen LogP contribution in [0.3, 0.4) is 0 Å². The molecule has 0 unspecified atom stereocenters. The van der Waals surface area contributed by atoms with Crippen LogP contribution in [-0.4, -0.2) is 11.1 Å². The molecule has 0 spiro atoms. The molecule has 0 aliphatic heterocycles. The van der Waals surface area contributed by atoms with Crippen molar-refractivity contribution >= 4 is 12.0 Å². The van der Waals surface area contributed by atoms with Gasteiger partial charge in [-0.3, -0.25) is 0 Å². The smallest absolute Gasteiger partial charge is 0.328 e. The summed E-state index contributed by atoms with van der Waals surface area (Å²) in [6.07, 6.45) is 2.06. The fourth-order valence-corrected chi connectivity index (χ4v) is 1.59. The highest BCUT2D eigenvalue weighted by Crippen LogP contribution is 2.26. The average molecular weight is 294 g/mol. The number of carboxylic acid groups (broad SMARTS) is 1. The first-order valence-corrected chi connectivity index (χ1v) is 5.78. The van der Waals surface area contributed by atoms with E-state index in [9.17, 15) is 18.0 Å². The zero-order valence-electron chi connectivity index (χ0n) is 10.5. The predicted molar refractivity (Wildman–Crippen MR) is 69.5 cm³/mol. The van der Waals surface area contributed by atoms with Crippen LogP contribution < -0.4 is 4.74 Å². The second kappa shape index (κ2) is 6.13. The van der Waals surface area contributed by atoms with Gasteiger partial charge in [-0.25, -0.2) is 18.0 Å². The van der Waals surface area contributed by atoms with Crippen LogP contribution in [0, 0.1) is 17.5 Å². The average Bonchev–Trinajstić information content (AvgIpc) is 2.38. The summed E-state index contributed by atoms with van der Waals surface area (Å²) in [4.78, 5) is 10.4. The zero-order valence-corrected chi connectivity index (χ0v) is 10.5. The van der Waals surface area contributed by atoms with Crippen molar-refractivity contribution in [3.05, 3.63) is 65.5 Å². The topological polar surface area (TPSA) is 46.5 Å². The zero-order chi connectivity index (χ0) is 15.4. The Hall–Kier alpha value is -2.76. The van der Waals surface area contributed by atoms with Crippen LogP contribution in [0.5, 0.6) is 11.5 Å². The molecule has 6 heteroatoms. The maximum Gasteiger partial charge on any atom is 0.328 e. The molecule has 0 aromatic heterocycles. The second-order valence-electron chi connectivity index (χ2n) is 4.07. The lowest BCUT2D eigenvalue weighted by atomic mass is 10.2. The van der Waals surface area contributed by atoms with E-state index in [1.807, 2.05) is 0 Å². The largest absolute Gasteiger partial charge is 0.478 e. The molecule has 0 saturated heterocycles. The Morgan fingerprint density at radius 2 is 1.71 bits per heavy atom. The van der Waals surface area contributed by atoms with Crippen molar-refractivity contribution < 1.29 is 27.8 Å². The molecule has 21 heavy (non-hydrogen) atoms. The Morgan fingerprint density at radius 1 is 1.05 bits per heavy atom. The first-order chi connectivity index (χ1) is 9.94. The van der Waals surface area contributed by atoms with E-state index in [4.69, 9.17) is 9.84 Å². The van der Waals surface area contributed by atoms with Crippen molar-refractivity contribution in [1.82, 2.24) is 0 Å². The monoisotopic (exact) mass is 294 g/mol. The summed E-state index contributed by atoms with van der Waals surface area (Å²) in [5.74, 6) is -4.04. The van der Waals surface area contributed by atoms with Crippen LogP contribution >= 0.6 is 0 Å². The van der Waals surface area contributed by atoms with Gasteiger partial charge in [-0.1, -0.05) is 6.07 Å². The molecule has 0 aliphatic rings. The van der Waals surface area contributed by atoms with Crippen molar-refractivity contribution in [2.45, 2.75) is 0 Å². The van der Waals surface area contributed by atoms with Gasteiger partial charge in [0, 0.05) is 24.3 Å². The van der Waals surface area contributed by atoms with E-state index in [2.05, 4.69) is 0 Å². The van der Waals surface area contributed by atoms with Crippen molar-refractivity contribution in [1.29, 1.82) is 0 Å². The number of ether oxygens (including phenoxy) is 1. The maximum atomic E-state index is 13.8. The van der Waals surface area contributed by atoms with Crippen LogP contribution in [-0.2, 0) is 4.79 Å². The van der Waals surface area contributed by atoms with Gasteiger partial charge in [0.15, 0.2) is 11.6 Å². The SMILES string of the molecule is O=C(O)C=Cc1ccc(Oc2cc(F)cc(F)c2)c(F)c1. The maximum absolute atomic E-state index is 13.8. The molecule has 108 valence electrons. The van der Waals surface area contributed by atoms with Crippen molar-refractivity contribution in [2.75, 3.05) is 0 Å². The Balaban J connectivity index is 2.23. The molecule has 0 atom stereocenters. The summed E-state index contributed by atoms with van der Waals surface area (Å²) in [6.45, 7) is 0. The molecule has 0 aliphatic carbocycles. The van der Waals surface area contributed by atoms with Gasteiger partial charge in [0.05, 0.1) is 0 Å². The lowest BCUT2D eigenvalue weighted by Gasteiger charge is -2.07. The molecule has 2 aromatic carbocycles. The Morgan fingerprint density at radius 3 is 2.29 bits per heavy atom. The summed E-state index contributed by atoms with van der Waals surface area (Å²) in [5, 5.41) is 8.47. The van der Waals surface area contributed by atoms with Gasteiger partial charge < -0.3 is 9.84 Å². The molecule has 0 amide bonds. The molecular weight excluding hydrogens is 285 g/mol. The number of carboxylic acids is 1. The van der Waals surface area contributed by atoms with E-state index in [1.54, 1.807) is 0 Å². The van der Waals surface area contributed by atoms with Crippen LogP contribution in [0.4, 0.5) is 13.2 Å². The number of aliphatic carboxylic acids is 1. The first-order valence-electron chi connectivity index (χ1n) is 5.78. The van der Waals surface area contributed by atoms with Gasteiger partial charge in [-0.2, -0.15) is 0 Å². The lowest BCUT2D eigenvalue weighted by Crippen LogP contribution is -1.91. The molecule has 0 bridgehead atoms. The molecular formula is C15H9F3O3. The molecule has 0 radical (unpaired) electrons. The molecule has 2 aromatic rings. The number of benzene rings is 2. The lowest BCUT2D eigenvalue weighted by molar-refractivity contribution is -0.131. The summed E-state index contributed by atoms with van der Waals surface area (Å²) < 4.78 is 44.8. The molecule has 0 heterocycles. The Bertz CT molecular complexity index is 691. The number of carbonyl (C=O) groups is 1. The highest BCUT2D eigenvalue weighted by Gasteiger charge is 2.08. The summed E-state index contributed by atoms with van der Waals surface area (Å²) in [7, 11) is 0. The molecule has 0 fully saturated rings. The third-order valence-electron chi connectivity index (χ3n) is 2.44. The summed E-state index contributed by atoms with van der Waals surface area (Å²) in [6, 6.07) is 6.20. The highest BCUT2D eigenvalue weighted by molar-refractivity contribution is 5.85. The quantitative estimate of drug-likeness (QED) is 0.867. The molecule has 1 N–H and O–H groups in total. The second-order valence-corrected chi connectivity index (χ2v) is 4.07. The Kier molecular flexibility index (Phi) is 4.27. The molecule has 0 saturated carbocycles. The van der Waals surface area contributed by atoms with E-state index in [1.165, 1.54) is 18.2 Å². The van der Waals surface area contributed by atoms with Crippen LogP contribution in [0.25, 0.3) is 6.08 Å². The van der Waals surface area contributed by atoms with E-state index in [-0.39, 0.29) is 11.5 Å². The molecule has 2 rings (SSSR count). The van der Waals surface area contributed by atoms with Gasteiger partial charge in [0.1, 0.15) is 17.4 Å². The van der Waals surface area contributed by atoms with Gasteiger partial charge in [0.2, 0.25) is 0 Å². The third kappa shape index (κ3) is 4.10. The van der Waals surface area contributed by atoms with Crippen molar-refractivity contribution in [3.8, 4) is 11.5 Å². The van der Waals surface area contributed by atoms with Gasteiger partial charge in [0.25, 0.3) is 0 Å². The first kappa shape index (κ1) is 14.6. The standard InChI is InChI=1S/C15H9F3O3/c16-10-6-11(17)8-12(7-10)21-14-3-1-9(5-13(14)18)2-4-15(19)20/h1-8H,(H,19,20). The number of hydrogen-bond acceptors (Lipinski definition) is 2. The van der Waals surface area contributed by atoms with E-state index in [0.29, 0.717) is 11.6 Å². The minimum atomic E-state index is -1.16. The van der Waals surface area contributed by atoms with E-state index in [0.717, 1.165) is 24.3 Å². The number of rotatable bonds is 4. The van der Waals surface area contributed by atoms with E-state index < -0.39 is 23.4 Å². The Labute approximate surface area is 117 Å². The highest BCUT2D eigenvalue weighted by atomic mass is 19.1. The fourth-order valence-electron chi connectivity index (χ4n) is 1.59. The third-order valence-corrected chi connectivity index (χ3v) is 2.44.